The Bertz CT molecular complexity index is 1710. The summed E-state index contributed by atoms with van der Waals surface area (Å²) in [6, 6.07) is 19.2. The zero-order valence-corrected chi connectivity index (χ0v) is 24.3. The van der Waals surface area contributed by atoms with E-state index in [9.17, 15) is 23.6 Å². The first-order valence-corrected chi connectivity index (χ1v) is 14.9. The molecule has 1 fully saturated rings. The molecule has 3 heterocycles. The van der Waals surface area contributed by atoms with Gasteiger partial charge in [-0.1, -0.05) is 62.8 Å². The molecule has 6 rings (SSSR count). The van der Waals surface area contributed by atoms with Gasteiger partial charge in [0.15, 0.2) is 0 Å². The third kappa shape index (κ3) is 4.81. The van der Waals surface area contributed by atoms with E-state index in [0.717, 1.165) is 38.0 Å². The van der Waals surface area contributed by atoms with Gasteiger partial charge in [-0.05, 0) is 66.2 Å². The van der Waals surface area contributed by atoms with Crippen molar-refractivity contribution in [2.24, 2.45) is 5.92 Å². The largest absolute Gasteiger partial charge is 0.325 e. The summed E-state index contributed by atoms with van der Waals surface area (Å²) in [5.74, 6) is -3.14. The molecule has 1 aromatic heterocycles. The molecule has 7 nitrogen and oxygen atoms in total. The first-order chi connectivity index (χ1) is 19.2. The number of rotatable bonds is 5. The number of thioether (sulfide) groups is 1. The minimum Gasteiger partial charge on any atom is -0.325 e. The van der Waals surface area contributed by atoms with E-state index < -0.39 is 40.6 Å². The lowest BCUT2D eigenvalue weighted by Gasteiger charge is -2.30. The number of benzene rings is 3. The monoisotopic (exact) mass is 657 g/mol. The van der Waals surface area contributed by atoms with Crippen molar-refractivity contribution in [3.8, 4) is 0 Å². The lowest BCUT2D eigenvalue weighted by atomic mass is 9.83. The minimum absolute atomic E-state index is 0.269. The molecule has 12 heteroatoms. The summed E-state index contributed by atoms with van der Waals surface area (Å²) in [6.45, 7) is -0.269. The molecule has 4 aromatic rings. The van der Waals surface area contributed by atoms with Gasteiger partial charge in [-0.3, -0.25) is 23.7 Å². The van der Waals surface area contributed by atoms with Crippen LogP contribution in [-0.2, 0) is 20.9 Å². The molecule has 3 aromatic carbocycles. The number of anilines is 2. The fourth-order valence-corrected chi connectivity index (χ4v) is 8.17. The van der Waals surface area contributed by atoms with Gasteiger partial charge in [-0.25, -0.2) is 9.29 Å². The molecule has 1 saturated heterocycles. The zero-order chi connectivity index (χ0) is 28.1. The van der Waals surface area contributed by atoms with Crippen molar-refractivity contribution >= 4 is 79.7 Å². The maximum atomic E-state index is 13.8. The second kappa shape index (κ2) is 10.6. The van der Waals surface area contributed by atoms with Crippen LogP contribution in [0, 0.1) is 11.7 Å². The van der Waals surface area contributed by atoms with Gasteiger partial charge in [0.1, 0.15) is 17.6 Å². The van der Waals surface area contributed by atoms with Crippen LogP contribution >= 0.6 is 50.6 Å². The van der Waals surface area contributed by atoms with Crippen LogP contribution in [0.4, 0.5) is 15.8 Å². The van der Waals surface area contributed by atoms with Gasteiger partial charge in [0, 0.05) is 26.0 Å². The maximum Gasteiger partial charge on any atom is 0.308 e. The summed E-state index contributed by atoms with van der Waals surface area (Å²) in [6.07, 6.45) is 0. The van der Waals surface area contributed by atoms with Crippen LogP contribution in [-0.4, -0.2) is 27.5 Å². The van der Waals surface area contributed by atoms with E-state index in [1.165, 1.54) is 28.8 Å². The summed E-state index contributed by atoms with van der Waals surface area (Å²) < 4.78 is 15.8. The molecular weight excluding hydrogens is 641 g/mol. The first kappa shape index (κ1) is 26.9. The highest BCUT2D eigenvalue weighted by atomic mass is 79.9. The third-order valence-corrected chi connectivity index (χ3v) is 10.2. The highest BCUT2D eigenvalue weighted by Crippen LogP contribution is 2.53. The van der Waals surface area contributed by atoms with E-state index >= 15 is 0 Å². The molecule has 0 aliphatic carbocycles. The molecule has 202 valence electrons. The number of amides is 3. The molecule has 2 aliphatic rings. The Balaban J connectivity index is 1.40. The number of carbonyl (C=O) groups excluding carboxylic acids is 3. The van der Waals surface area contributed by atoms with E-state index in [2.05, 4.69) is 21.2 Å². The van der Waals surface area contributed by atoms with Crippen LogP contribution in [0.15, 0.2) is 87.1 Å². The van der Waals surface area contributed by atoms with E-state index in [1.54, 1.807) is 24.3 Å². The van der Waals surface area contributed by atoms with Crippen molar-refractivity contribution in [3.63, 3.8) is 0 Å². The molecular formula is C28H18BrClFN3O4S2. The predicted octanol–water partition coefficient (Wildman–Crippen LogP) is 5.90. The molecule has 40 heavy (non-hydrogen) atoms. The molecule has 0 bridgehead atoms. The van der Waals surface area contributed by atoms with Gasteiger partial charge >= 0.3 is 4.87 Å². The number of nitrogens with one attached hydrogen (secondary N) is 1. The number of hydrogen-bond donors (Lipinski definition) is 1. The Labute approximate surface area is 249 Å². The van der Waals surface area contributed by atoms with E-state index in [1.807, 2.05) is 24.3 Å². The SMILES string of the molecule is O=C(Cn1c2c(sc1=O)[C@@H](c1ccc(Br)cc1)[C@@H]1C(=O)N(c3ccc(F)cc3)C(=O)[C@@H]1S2)Nc1ccc(Cl)cc1. The number of imide groups is 1. The lowest BCUT2D eigenvalue weighted by molar-refractivity contribution is -0.122. The molecule has 3 amide bonds. The zero-order valence-electron chi connectivity index (χ0n) is 20.3. The van der Waals surface area contributed by atoms with E-state index in [4.69, 9.17) is 11.6 Å². The van der Waals surface area contributed by atoms with Gasteiger partial charge in [-0.15, -0.1) is 0 Å². The van der Waals surface area contributed by atoms with Crippen molar-refractivity contribution in [2.45, 2.75) is 22.7 Å². The van der Waals surface area contributed by atoms with Gasteiger partial charge in [0.05, 0.1) is 16.6 Å². The summed E-state index contributed by atoms with van der Waals surface area (Å²) in [5.41, 5.74) is 1.57. The highest BCUT2D eigenvalue weighted by molar-refractivity contribution is 9.10. The normalized spacial score (nSPS) is 19.9. The van der Waals surface area contributed by atoms with Crippen LogP contribution in [0.2, 0.25) is 5.02 Å². The molecule has 2 aliphatic heterocycles. The Hall–Kier alpha value is -3.25. The first-order valence-electron chi connectivity index (χ1n) is 12.1. The summed E-state index contributed by atoms with van der Waals surface area (Å²) >= 11 is 11.4. The molecule has 0 unspecified atom stereocenters. The van der Waals surface area contributed by atoms with Crippen LogP contribution in [0.1, 0.15) is 16.4 Å². The fourth-order valence-electron chi connectivity index (χ4n) is 5.01. The van der Waals surface area contributed by atoms with Crippen molar-refractivity contribution in [1.82, 2.24) is 4.57 Å². The lowest BCUT2D eigenvalue weighted by Crippen LogP contribution is -2.33. The summed E-state index contributed by atoms with van der Waals surface area (Å²) in [7, 11) is 0. The molecule has 3 atom stereocenters. The van der Waals surface area contributed by atoms with Gasteiger partial charge in [0.2, 0.25) is 17.7 Å². The average Bonchev–Trinajstić information content (AvgIpc) is 3.37. The Morgan fingerprint density at radius 1 is 0.950 bits per heavy atom. The number of fused-ring (bicyclic) bond motifs is 2. The maximum absolute atomic E-state index is 13.8. The van der Waals surface area contributed by atoms with Crippen molar-refractivity contribution in [1.29, 1.82) is 0 Å². The van der Waals surface area contributed by atoms with Crippen LogP contribution in [0.3, 0.4) is 0 Å². The molecule has 1 N–H and O–H groups in total. The molecule has 0 spiro atoms. The average molecular weight is 659 g/mol. The standard InChI is InChI=1S/C28H18BrClFN3O4S2/c29-15-3-1-14(2-4-15)21-22-23(26(37)34(25(22)36)19-11-7-17(31)8-12-19)39-27-24(21)40-28(38)33(27)13-20(35)32-18-9-5-16(30)6-10-18/h1-12,21-23H,13H2,(H,32,35)/t21-,22-,23+/m0/s1. The van der Waals surface area contributed by atoms with Crippen LogP contribution < -0.4 is 15.1 Å². The number of halogens is 3. The number of nitrogens with zero attached hydrogens (tertiary/aromatic N) is 2. The van der Waals surface area contributed by atoms with Crippen LogP contribution in [0.5, 0.6) is 0 Å². The van der Waals surface area contributed by atoms with Gasteiger partial charge in [0.25, 0.3) is 0 Å². The van der Waals surface area contributed by atoms with Crippen molar-refractivity contribution < 1.29 is 18.8 Å². The number of aromatic nitrogens is 1. The van der Waals surface area contributed by atoms with E-state index in [0.29, 0.717) is 20.6 Å². The predicted molar refractivity (Wildman–Crippen MR) is 157 cm³/mol. The van der Waals surface area contributed by atoms with E-state index in [-0.39, 0.29) is 17.1 Å². The minimum atomic E-state index is -0.835. The third-order valence-electron chi connectivity index (χ3n) is 6.79. The van der Waals surface area contributed by atoms with Gasteiger partial charge < -0.3 is 5.32 Å². The summed E-state index contributed by atoms with van der Waals surface area (Å²) in [4.78, 5) is 55.0. The Morgan fingerprint density at radius 3 is 2.30 bits per heavy atom. The molecule has 0 saturated carbocycles. The highest BCUT2D eigenvalue weighted by Gasteiger charge is 2.56. The smallest absolute Gasteiger partial charge is 0.308 e. The number of thiazole rings is 1. The summed E-state index contributed by atoms with van der Waals surface area (Å²) in [5, 5.41) is 2.93. The van der Waals surface area contributed by atoms with Crippen molar-refractivity contribution in [2.75, 3.05) is 10.2 Å². The van der Waals surface area contributed by atoms with Crippen LogP contribution in [0.25, 0.3) is 0 Å². The topological polar surface area (TPSA) is 88.5 Å². The second-order valence-electron chi connectivity index (χ2n) is 9.26. The van der Waals surface area contributed by atoms with Crippen molar-refractivity contribution in [3.05, 3.63) is 108 Å². The van der Waals surface area contributed by atoms with Gasteiger partial charge in [-0.2, -0.15) is 0 Å². The Morgan fingerprint density at radius 2 is 1.62 bits per heavy atom. The second-order valence-corrected chi connectivity index (χ2v) is 12.7. The number of hydrogen-bond acceptors (Lipinski definition) is 6. The number of carbonyl (C=O) groups is 3. The Kier molecular flexibility index (Phi) is 7.16. The molecule has 0 radical (unpaired) electrons. The fraction of sp³-hybridized carbons (Fsp3) is 0.143. The quantitative estimate of drug-likeness (QED) is 0.270.